The lowest BCUT2D eigenvalue weighted by Crippen LogP contribution is -2.36. The standard InChI is InChI=1S/C25H21ClN4O5S3/c26-17-4-3-5-18(16-17)29-25(36)27-14-15-28-38(33,34)24-13-12-23(37-24)21-6-1-2-7-22(21)35-20-10-8-19(9-11-20)30(31)32/h1-13,16,28H,14-15H2,(H2,27,29,36). The summed E-state index contributed by atoms with van der Waals surface area (Å²) in [5.41, 5.74) is 1.37. The van der Waals surface area contributed by atoms with Crippen molar-refractivity contribution in [1.29, 1.82) is 0 Å². The van der Waals surface area contributed by atoms with Gasteiger partial charge in [-0.05, 0) is 66.8 Å². The lowest BCUT2D eigenvalue weighted by atomic mass is 10.1. The van der Waals surface area contributed by atoms with Crippen LogP contribution in [0.4, 0.5) is 11.4 Å². The van der Waals surface area contributed by atoms with Crippen molar-refractivity contribution in [3.05, 3.63) is 100 Å². The molecule has 0 fully saturated rings. The van der Waals surface area contributed by atoms with E-state index in [9.17, 15) is 18.5 Å². The summed E-state index contributed by atoms with van der Waals surface area (Å²) in [6, 6.07) is 23.2. The first-order valence-corrected chi connectivity index (χ1v) is 14.2. The van der Waals surface area contributed by atoms with E-state index >= 15 is 0 Å². The van der Waals surface area contributed by atoms with E-state index in [2.05, 4.69) is 15.4 Å². The summed E-state index contributed by atoms with van der Waals surface area (Å²) in [5.74, 6) is 0.911. The fraction of sp³-hybridized carbons (Fsp3) is 0.0800. The molecule has 196 valence electrons. The molecule has 9 nitrogen and oxygen atoms in total. The van der Waals surface area contributed by atoms with E-state index in [4.69, 9.17) is 28.6 Å². The van der Waals surface area contributed by atoms with Crippen LogP contribution in [0, 0.1) is 10.1 Å². The van der Waals surface area contributed by atoms with Crippen molar-refractivity contribution in [3.8, 4) is 21.9 Å². The molecule has 4 rings (SSSR count). The predicted octanol–water partition coefficient (Wildman–Crippen LogP) is 6.03. The van der Waals surface area contributed by atoms with Crippen LogP contribution in [0.15, 0.2) is 89.1 Å². The lowest BCUT2D eigenvalue weighted by Gasteiger charge is -2.11. The highest BCUT2D eigenvalue weighted by molar-refractivity contribution is 7.91. The second-order valence-electron chi connectivity index (χ2n) is 7.76. The Kier molecular flexibility index (Phi) is 8.92. The van der Waals surface area contributed by atoms with E-state index in [-0.39, 0.29) is 23.0 Å². The van der Waals surface area contributed by atoms with E-state index < -0.39 is 14.9 Å². The largest absolute Gasteiger partial charge is 0.457 e. The maximum atomic E-state index is 12.8. The van der Waals surface area contributed by atoms with E-state index in [0.717, 1.165) is 17.0 Å². The second-order valence-corrected chi connectivity index (χ2v) is 11.7. The van der Waals surface area contributed by atoms with Crippen LogP contribution in [0.2, 0.25) is 5.02 Å². The van der Waals surface area contributed by atoms with Gasteiger partial charge < -0.3 is 15.4 Å². The number of para-hydroxylation sites is 1. The summed E-state index contributed by atoms with van der Waals surface area (Å²) >= 11 is 12.3. The Hall–Kier alpha value is -3.55. The van der Waals surface area contributed by atoms with Crippen LogP contribution in [-0.2, 0) is 10.0 Å². The first-order chi connectivity index (χ1) is 18.2. The molecule has 0 atom stereocenters. The topological polar surface area (TPSA) is 123 Å². The number of hydrogen-bond acceptors (Lipinski definition) is 7. The highest BCUT2D eigenvalue weighted by Gasteiger charge is 2.18. The maximum absolute atomic E-state index is 12.8. The van der Waals surface area contributed by atoms with Gasteiger partial charge >= 0.3 is 0 Å². The van der Waals surface area contributed by atoms with Crippen molar-refractivity contribution in [3.63, 3.8) is 0 Å². The Morgan fingerprint density at radius 1 is 1.00 bits per heavy atom. The van der Waals surface area contributed by atoms with Crippen LogP contribution in [0.3, 0.4) is 0 Å². The van der Waals surface area contributed by atoms with Gasteiger partial charge in [-0.25, -0.2) is 13.1 Å². The number of thiophene rings is 1. The van der Waals surface area contributed by atoms with Crippen LogP contribution in [-0.4, -0.2) is 31.5 Å². The molecule has 0 amide bonds. The minimum atomic E-state index is -3.75. The van der Waals surface area contributed by atoms with Crippen LogP contribution in [0.25, 0.3) is 10.4 Å². The van der Waals surface area contributed by atoms with Crippen molar-refractivity contribution in [1.82, 2.24) is 10.0 Å². The third kappa shape index (κ3) is 7.27. The lowest BCUT2D eigenvalue weighted by molar-refractivity contribution is -0.384. The molecule has 0 aliphatic rings. The maximum Gasteiger partial charge on any atom is 0.269 e. The number of thiocarbonyl (C=S) groups is 1. The van der Waals surface area contributed by atoms with Crippen LogP contribution < -0.4 is 20.1 Å². The number of anilines is 1. The Morgan fingerprint density at radius 2 is 1.76 bits per heavy atom. The Balaban J connectivity index is 1.36. The first kappa shape index (κ1) is 27.5. The molecule has 0 saturated carbocycles. The molecule has 0 spiro atoms. The van der Waals surface area contributed by atoms with Gasteiger partial charge in [-0.1, -0.05) is 29.8 Å². The highest BCUT2D eigenvalue weighted by Crippen LogP contribution is 2.38. The van der Waals surface area contributed by atoms with Gasteiger partial charge in [-0.15, -0.1) is 11.3 Å². The molecule has 4 aromatic rings. The van der Waals surface area contributed by atoms with Gasteiger partial charge in [0.15, 0.2) is 5.11 Å². The Bertz CT molecular complexity index is 1560. The molecule has 0 aliphatic carbocycles. The number of nitro groups is 1. The van der Waals surface area contributed by atoms with E-state index in [1.54, 1.807) is 36.4 Å². The molecule has 3 aromatic carbocycles. The second kappa shape index (κ2) is 12.3. The average molecular weight is 589 g/mol. The van der Waals surface area contributed by atoms with E-state index in [0.29, 0.717) is 32.1 Å². The van der Waals surface area contributed by atoms with Crippen molar-refractivity contribution in [2.75, 3.05) is 18.4 Å². The molecule has 13 heteroatoms. The van der Waals surface area contributed by atoms with Crippen molar-refractivity contribution in [2.45, 2.75) is 4.21 Å². The molecular formula is C25H21ClN4O5S3. The van der Waals surface area contributed by atoms with E-state index in [1.807, 2.05) is 18.2 Å². The van der Waals surface area contributed by atoms with Crippen molar-refractivity contribution in [2.24, 2.45) is 0 Å². The first-order valence-electron chi connectivity index (χ1n) is 11.1. The van der Waals surface area contributed by atoms with Crippen molar-refractivity contribution < 1.29 is 18.1 Å². The highest BCUT2D eigenvalue weighted by atomic mass is 35.5. The van der Waals surface area contributed by atoms with Gasteiger partial charge in [0.05, 0.1) is 4.92 Å². The molecule has 38 heavy (non-hydrogen) atoms. The molecule has 0 unspecified atom stereocenters. The number of non-ortho nitro benzene ring substituents is 1. The number of hydrogen-bond donors (Lipinski definition) is 3. The summed E-state index contributed by atoms with van der Waals surface area (Å²) < 4.78 is 34.3. The zero-order chi connectivity index (χ0) is 27.1. The fourth-order valence-corrected chi connectivity index (χ4v) is 6.13. The van der Waals surface area contributed by atoms with Crippen LogP contribution in [0.5, 0.6) is 11.5 Å². The smallest absolute Gasteiger partial charge is 0.269 e. The quantitative estimate of drug-likeness (QED) is 0.0887. The fourth-order valence-electron chi connectivity index (χ4n) is 3.31. The van der Waals surface area contributed by atoms with Gasteiger partial charge in [-0.2, -0.15) is 0 Å². The predicted molar refractivity (Wildman–Crippen MR) is 154 cm³/mol. The third-order valence-electron chi connectivity index (χ3n) is 5.06. The number of sulfonamides is 1. The minimum Gasteiger partial charge on any atom is -0.457 e. The number of ether oxygens (including phenoxy) is 1. The third-order valence-corrected chi connectivity index (χ3v) is 8.61. The van der Waals surface area contributed by atoms with E-state index in [1.165, 1.54) is 30.3 Å². The summed E-state index contributed by atoms with van der Waals surface area (Å²) in [7, 11) is -3.75. The Labute approximate surface area is 233 Å². The molecule has 1 heterocycles. The van der Waals surface area contributed by atoms with Gasteiger partial charge in [0.25, 0.3) is 5.69 Å². The molecule has 0 radical (unpaired) electrons. The molecule has 0 saturated heterocycles. The molecular weight excluding hydrogens is 568 g/mol. The summed E-state index contributed by atoms with van der Waals surface area (Å²) in [5, 5.41) is 17.7. The summed E-state index contributed by atoms with van der Waals surface area (Å²) in [6.07, 6.45) is 0. The van der Waals surface area contributed by atoms with Gasteiger partial charge in [-0.3, -0.25) is 10.1 Å². The number of nitrogens with one attached hydrogen (secondary N) is 3. The SMILES string of the molecule is O=[N+]([O-])c1ccc(Oc2ccccc2-c2ccc(S(=O)(=O)NCCNC(=S)Nc3cccc(Cl)c3)s2)cc1. The molecule has 0 bridgehead atoms. The minimum absolute atomic E-state index is 0.0411. The zero-order valence-electron chi connectivity index (χ0n) is 19.6. The average Bonchev–Trinajstić information content (AvgIpc) is 3.39. The monoisotopic (exact) mass is 588 g/mol. The zero-order valence-corrected chi connectivity index (χ0v) is 22.8. The molecule has 0 aliphatic heterocycles. The van der Waals surface area contributed by atoms with Crippen molar-refractivity contribution >= 4 is 61.7 Å². The van der Waals surface area contributed by atoms with Crippen LogP contribution in [0.1, 0.15) is 0 Å². The number of nitrogens with zero attached hydrogens (tertiary/aromatic N) is 1. The number of nitro benzene ring substituents is 1. The molecule has 3 N–H and O–H groups in total. The normalized spacial score (nSPS) is 11.1. The van der Waals surface area contributed by atoms with Crippen LogP contribution >= 0.6 is 35.2 Å². The number of benzene rings is 3. The van der Waals surface area contributed by atoms with Gasteiger partial charge in [0, 0.05) is 46.4 Å². The summed E-state index contributed by atoms with van der Waals surface area (Å²) in [6.45, 7) is 0.391. The Morgan fingerprint density at radius 3 is 2.50 bits per heavy atom. The van der Waals surface area contributed by atoms with Gasteiger partial charge in [0.1, 0.15) is 15.7 Å². The number of halogens is 1. The molecule has 1 aromatic heterocycles. The summed E-state index contributed by atoms with van der Waals surface area (Å²) in [4.78, 5) is 11.1. The number of rotatable bonds is 10. The van der Waals surface area contributed by atoms with Gasteiger partial charge in [0.2, 0.25) is 10.0 Å².